The molecule has 0 aliphatic heterocycles. The maximum atomic E-state index is 12.5. The first-order valence-electron chi connectivity index (χ1n) is 4.68. The summed E-state index contributed by atoms with van der Waals surface area (Å²) in [5.74, 6) is -0.406. The number of rotatable bonds is 3. The highest BCUT2D eigenvalue weighted by atomic mass is 19.1. The predicted molar refractivity (Wildman–Crippen MR) is 52.1 cm³/mol. The van der Waals surface area contributed by atoms with E-state index in [-0.39, 0.29) is 5.41 Å². The van der Waals surface area contributed by atoms with Crippen LogP contribution in [0, 0.1) is 5.95 Å². The van der Waals surface area contributed by atoms with Crippen LogP contribution in [0.3, 0.4) is 0 Å². The van der Waals surface area contributed by atoms with Crippen molar-refractivity contribution < 1.29 is 4.39 Å². The molecule has 1 rings (SSSR count). The molecule has 0 fully saturated rings. The van der Waals surface area contributed by atoms with E-state index in [9.17, 15) is 4.39 Å². The van der Waals surface area contributed by atoms with Gasteiger partial charge < -0.3 is 0 Å². The van der Waals surface area contributed by atoms with Crippen molar-refractivity contribution in [1.82, 2.24) is 4.98 Å². The maximum Gasteiger partial charge on any atom is 0.212 e. The fourth-order valence-electron chi connectivity index (χ4n) is 1.55. The van der Waals surface area contributed by atoms with E-state index in [2.05, 4.69) is 25.8 Å². The highest BCUT2D eigenvalue weighted by Gasteiger charge is 2.19. The van der Waals surface area contributed by atoms with Crippen LogP contribution in [0.5, 0.6) is 0 Å². The van der Waals surface area contributed by atoms with Crippen molar-refractivity contribution in [2.45, 2.75) is 39.0 Å². The summed E-state index contributed by atoms with van der Waals surface area (Å²) in [7, 11) is 0. The van der Waals surface area contributed by atoms with Crippen LogP contribution >= 0.6 is 0 Å². The van der Waals surface area contributed by atoms with Gasteiger partial charge >= 0.3 is 0 Å². The molecule has 1 aromatic rings. The molecular formula is C11H16FN. The number of pyridine rings is 1. The molecule has 0 aromatic carbocycles. The van der Waals surface area contributed by atoms with Crippen LogP contribution in [0.4, 0.5) is 4.39 Å². The van der Waals surface area contributed by atoms with E-state index in [1.165, 1.54) is 6.07 Å². The molecule has 0 saturated heterocycles. The van der Waals surface area contributed by atoms with Crippen LogP contribution in [-0.4, -0.2) is 4.98 Å². The third kappa shape index (κ3) is 2.51. The minimum Gasteiger partial charge on any atom is -0.228 e. The molecule has 72 valence electrons. The highest BCUT2D eigenvalue weighted by molar-refractivity contribution is 5.19. The van der Waals surface area contributed by atoms with Gasteiger partial charge in [-0.25, -0.2) is 4.98 Å². The van der Waals surface area contributed by atoms with Gasteiger partial charge in [0.1, 0.15) is 0 Å². The number of hydrogen-bond acceptors (Lipinski definition) is 1. The van der Waals surface area contributed by atoms with Gasteiger partial charge in [-0.2, -0.15) is 4.39 Å². The largest absolute Gasteiger partial charge is 0.228 e. The molecule has 0 aliphatic carbocycles. The van der Waals surface area contributed by atoms with Gasteiger partial charge in [0.25, 0.3) is 0 Å². The summed E-state index contributed by atoms with van der Waals surface area (Å²) < 4.78 is 12.5. The van der Waals surface area contributed by atoms with Gasteiger partial charge in [0.2, 0.25) is 5.95 Å². The fraction of sp³-hybridized carbons (Fsp3) is 0.545. The molecule has 1 aromatic heterocycles. The zero-order chi connectivity index (χ0) is 9.90. The van der Waals surface area contributed by atoms with Gasteiger partial charge in [0, 0.05) is 6.20 Å². The quantitative estimate of drug-likeness (QED) is 0.652. The summed E-state index contributed by atoms with van der Waals surface area (Å²) in [6, 6.07) is 3.24. The molecule has 2 heteroatoms. The van der Waals surface area contributed by atoms with E-state index in [4.69, 9.17) is 0 Å². The van der Waals surface area contributed by atoms with Crippen LogP contribution in [0.2, 0.25) is 0 Å². The molecule has 1 nitrogen and oxygen atoms in total. The summed E-state index contributed by atoms with van der Waals surface area (Å²) >= 11 is 0. The third-order valence-corrected chi connectivity index (χ3v) is 2.38. The van der Waals surface area contributed by atoms with Gasteiger partial charge in [-0.3, -0.25) is 0 Å². The van der Waals surface area contributed by atoms with Crippen LogP contribution < -0.4 is 0 Å². The standard InChI is InChI=1S/C11H16FN/c1-4-7-11(2,3)9-5-6-10(12)13-8-9/h5-6,8H,4,7H2,1-3H3. The molecule has 0 N–H and O–H groups in total. The number of hydrogen-bond donors (Lipinski definition) is 0. The van der Waals surface area contributed by atoms with Crippen LogP contribution in [-0.2, 0) is 5.41 Å². The Morgan fingerprint density at radius 3 is 2.54 bits per heavy atom. The Labute approximate surface area is 79.0 Å². The summed E-state index contributed by atoms with van der Waals surface area (Å²) in [6.45, 7) is 6.47. The second-order valence-corrected chi connectivity index (χ2v) is 4.00. The molecule has 0 spiro atoms. The van der Waals surface area contributed by atoms with E-state index < -0.39 is 5.95 Å². The van der Waals surface area contributed by atoms with Crippen molar-refractivity contribution in [1.29, 1.82) is 0 Å². The lowest BCUT2D eigenvalue weighted by atomic mass is 9.82. The van der Waals surface area contributed by atoms with Crippen molar-refractivity contribution in [3.05, 3.63) is 29.8 Å². The lowest BCUT2D eigenvalue weighted by Crippen LogP contribution is -2.16. The Hall–Kier alpha value is -0.920. The molecule has 1 heterocycles. The third-order valence-electron chi connectivity index (χ3n) is 2.38. The molecule has 0 amide bonds. The second kappa shape index (κ2) is 3.86. The fourth-order valence-corrected chi connectivity index (χ4v) is 1.55. The predicted octanol–water partition coefficient (Wildman–Crippen LogP) is 3.30. The van der Waals surface area contributed by atoms with Crippen molar-refractivity contribution in [2.75, 3.05) is 0 Å². The van der Waals surface area contributed by atoms with Gasteiger partial charge in [0.05, 0.1) is 0 Å². The Morgan fingerprint density at radius 2 is 2.08 bits per heavy atom. The molecule has 0 radical (unpaired) electrons. The summed E-state index contributed by atoms with van der Waals surface area (Å²) in [5.41, 5.74) is 1.21. The lowest BCUT2D eigenvalue weighted by Gasteiger charge is -2.23. The topological polar surface area (TPSA) is 12.9 Å². The first-order chi connectivity index (χ1) is 6.06. The normalized spacial score (nSPS) is 11.7. The Morgan fingerprint density at radius 1 is 1.38 bits per heavy atom. The van der Waals surface area contributed by atoms with Gasteiger partial charge in [-0.05, 0) is 23.5 Å². The molecule has 0 bridgehead atoms. The van der Waals surface area contributed by atoms with E-state index in [1.807, 2.05) is 6.07 Å². The van der Waals surface area contributed by atoms with E-state index in [0.717, 1.165) is 18.4 Å². The average molecular weight is 181 g/mol. The van der Waals surface area contributed by atoms with E-state index in [0.29, 0.717) is 0 Å². The summed E-state index contributed by atoms with van der Waals surface area (Å²) in [4.78, 5) is 3.66. The molecular weight excluding hydrogens is 165 g/mol. The molecule has 0 atom stereocenters. The summed E-state index contributed by atoms with van der Waals surface area (Å²) in [5, 5.41) is 0. The Kier molecular flexibility index (Phi) is 3.02. The van der Waals surface area contributed by atoms with Crippen molar-refractivity contribution in [2.24, 2.45) is 0 Å². The SMILES string of the molecule is CCCC(C)(C)c1ccc(F)nc1. The maximum absolute atomic E-state index is 12.5. The Bertz CT molecular complexity index is 264. The first kappa shape index (κ1) is 10.2. The zero-order valence-corrected chi connectivity index (χ0v) is 8.47. The zero-order valence-electron chi connectivity index (χ0n) is 8.47. The smallest absolute Gasteiger partial charge is 0.212 e. The van der Waals surface area contributed by atoms with Crippen molar-refractivity contribution in [3.63, 3.8) is 0 Å². The molecule has 13 heavy (non-hydrogen) atoms. The molecule has 0 saturated carbocycles. The minimum atomic E-state index is -0.406. The van der Waals surface area contributed by atoms with Gasteiger partial charge in [0.15, 0.2) is 0 Å². The van der Waals surface area contributed by atoms with Gasteiger partial charge in [-0.1, -0.05) is 33.3 Å². The van der Waals surface area contributed by atoms with Gasteiger partial charge in [-0.15, -0.1) is 0 Å². The highest BCUT2D eigenvalue weighted by Crippen LogP contribution is 2.27. The molecule has 0 unspecified atom stereocenters. The van der Waals surface area contributed by atoms with Crippen LogP contribution in [0.1, 0.15) is 39.2 Å². The minimum absolute atomic E-state index is 0.107. The first-order valence-corrected chi connectivity index (χ1v) is 4.68. The van der Waals surface area contributed by atoms with Crippen molar-refractivity contribution >= 4 is 0 Å². The second-order valence-electron chi connectivity index (χ2n) is 4.00. The number of nitrogens with zero attached hydrogens (tertiary/aromatic N) is 1. The molecule has 0 aliphatic rings. The van der Waals surface area contributed by atoms with Crippen LogP contribution in [0.15, 0.2) is 18.3 Å². The van der Waals surface area contributed by atoms with Crippen LogP contribution in [0.25, 0.3) is 0 Å². The lowest BCUT2D eigenvalue weighted by molar-refractivity contribution is 0.468. The number of halogens is 1. The number of aromatic nitrogens is 1. The van der Waals surface area contributed by atoms with E-state index >= 15 is 0 Å². The van der Waals surface area contributed by atoms with E-state index in [1.54, 1.807) is 6.20 Å². The average Bonchev–Trinajstić information content (AvgIpc) is 2.05. The monoisotopic (exact) mass is 181 g/mol. The Balaban J connectivity index is 2.87. The summed E-state index contributed by atoms with van der Waals surface area (Å²) in [6.07, 6.45) is 3.86. The van der Waals surface area contributed by atoms with Crippen molar-refractivity contribution in [3.8, 4) is 0 Å².